The lowest BCUT2D eigenvalue weighted by molar-refractivity contribution is -0.143. The van der Waals surface area contributed by atoms with Crippen LogP contribution >= 0.6 is 22.9 Å². The molecule has 0 saturated heterocycles. The Kier molecular flexibility index (Phi) is 8.33. The molecular formula is C27H25ClN2O7S. The summed E-state index contributed by atoms with van der Waals surface area (Å²) in [6.07, 6.45) is 2.15. The van der Waals surface area contributed by atoms with Gasteiger partial charge in [-0.3, -0.25) is 9.36 Å². The van der Waals surface area contributed by atoms with E-state index in [2.05, 4.69) is 9.73 Å². The third-order valence-electron chi connectivity index (χ3n) is 5.88. The number of hydrogen-bond acceptors (Lipinski definition) is 9. The van der Waals surface area contributed by atoms with Gasteiger partial charge in [0.2, 0.25) is 0 Å². The smallest absolute Gasteiger partial charge is 0.343 e. The summed E-state index contributed by atoms with van der Waals surface area (Å²) in [4.78, 5) is 43.2. The first kappa shape index (κ1) is 27.2. The van der Waals surface area contributed by atoms with E-state index in [0.717, 1.165) is 5.56 Å². The number of rotatable bonds is 8. The van der Waals surface area contributed by atoms with Crippen LogP contribution in [0, 0.1) is 0 Å². The lowest BCUT2D eigenvalue weighted by Gasteiger charge is -2.25. The van der Waals surface area contributed by atoms with E-state index in [-0.39, 0.29) is 28.7 Å². The molecule has 198 valence electrons. The molecule has 0 amide bonds. The summed E-state index contributed by atoms with van der Waals surface area (Å²) in [7, 11) is 4.00. The molecule has 4 rings (SSSR count). The zero-order valence-corrected chi connectivity index (χ0v) is 22.7. The second-order valence-corrected chi connectivity index (χ2v) is 9.51. The largest absolute Gasteiger partial charge is 0.493 e. The molecule has 1 atom stereocenters. The van der Waals surface area contributed by atoms with Gasteiger partial charge in [0.1, 0.15) is 0 Å². The fourth-order valence-electron chi connectivity index (χ4n) is 4.12. The first-order valence-corrected chi connectivity index (χ1v) is 12.8. The molecule has 0 fully saturated rings. The van der Waals surface area contributed by atoms with Crippen LogP contribution in [-0.4, -0.2) is 44.4 Å². The Bertz CT molecular complexity index is 1590. The van der Waals surface area contributed by atoms with E-state index in [1.54, 1.807) is 18.2 Å². The van der Waals surface area contributed by atoms with Crippen LogP contribution in [0.15, 0.2) is 63.5 Å². The van der Waals surface area contributed by atoms with Crippen molar-refractivity contribution in [1.82, 2.24) is 4.57 Å². The summed E-state index contributed by atoms with van der Waals surface area (Å²) in [6.45, 7) is 1.56. The third kappa shape index (κ3) is 5.23. The van der Waals surface area contributed by atoms with Crippen molar-refractivity contribution < 1.29 is 28.5 Å². The summed E-state index contributed by atoms with van der Waals surface area (Å²) in [5, 5.41) is 0.190. The Morgan fingerprint density at radius 2 is 1.87 bits per heavy atom. The molecule has 0 unspecified atom stereocenters. The molecule has 11 heteroatoms. The first-order chi connectivity index (χ1) is 18.3. The molecule has 38 heavy (non-hydrogen) atoms. The van der Waals surface area contributed by atoms with Crippen molar-refractivity contribution in [3.05, 3.63) is 89.6 Å². The van der Waals surface area contributed by atoms with Crippen molar-refractivity contribution in [1.29, 1.82) is 0 Å². The van der Waals surface area contributed by atoms with Crippen molar-refractivity contribution in [2.45, 2.75) is 19.4 Å². The normalized spacial score (nSPS) is 15.0. The number of aromatic nitrogens is 1. The zero-order chi connectivity index (χ0) is 27.4. The van der Waals surface area contributed by atoms with Gasteiger partial charge < -0.3 is 18.9 Å². The van der Waals surface area contributed by atoms with Crippen molar-refractivity contribution >= 4 is 41.0 Å². The van der Waals surface area contributed by atoms with Crippen LogP contribution in [-0.2, 0) is 19.1 Å². The Labute approximate surface area is 227 Å². The predicted molar refractivity (Wildman–Crippen MR) is 142 cm³/mol. The van der Waals surface area contributed by atoms with Crippen LogP contribution in [0.25, 0.3) is 6.08 Å². The molecule has 3 aromatic rings. The van der Waals surface area contributed by atoms with E-state index in [1.165, 1.54) is 37.2 Å². The van der Waals surface area contributed by atoms with E-state index in [9.17, 15) is 14.4 Å². The van der Waals surface area contributed by atoms with Gasteiger partial charge in [-0.25, -0.2) is 14.6 Å². The van der Waals surface area contributed by atoms with E-state index in [0.29, 0.717) is 32.6 Å². The van der Waals surface area contributed by atoms with Gasteiger partial charge >= 0.3 is 11.9 Å². The van der Waals surface area contributed by atoms with Gasteiger partial charge in [-0.05, 0) is 35.8 Å². The number of fused-ring (bicyclic) bond motifs is 1. The Hall–Kier alpha value is -3.89. The van der Waals surface area contributed by atoms with Gasteiger partial charge in [0.05, 0.1) is 48.2 Å². The molecule has 1 aliphatic heterocycles. The average Bonchev–Trinajstić information content (AvgIpc) is 3.24. The molecule has 2 aromatic carbocycles. The standard InChI is InChI=1S/C27H25ClN2O7S/c1-5-18-22(26(33)36-4)23(16-9-7-6-8-10-16)30-25(32)20(38-27(30)29-18)13-15-11-17(28)24(19(12-15)34-2)37-14-21(31)35-3/h6-13,23H,5,14H2,1-4H3/b20-13-/t23-/m1/s1. The number of carbonyl (C=O) groups excluding carboxylic acids is 2. The maximum atomic E-state index is 13.7. The topological polar surface area (TPSA) is 105 Å². The second-order valence-electron chi connectivity index (χ2n) is 8.10. The molecule has 0 aliphatic carbocycles. The van der Waals surface area contributed by atoms with Crippen LogP contribution in [0.3, 0.4) is 0 Å². The molecule has 0 spiro atoms. The number of esters is 2. The highest BCUT2D eigenvalue weighted by Crippen LogP contribution is 2.37. The number of allylic oxidation sites excluding steroid dienone is 1. The summed E-state index contributed by atoms with van der Waals surface area (Å²) < 4.78 is 22.4. The van der Waals surface area contributed by atoms with Gasteiger partial charge in [-0.15, -0.1) is 0 Å². The molecule has 1 aliphatic rings. The van der Waals surface area contributed by atoms with Crippen molar-refractivity contribution in [3.8, 4) is 11.5 Å². The number of hydrogen-bond donors (Lipinski definition) is 0. The predicted octanol–water partition coefficient (Wildman–Crippen LogP) is 3.01. The van der Waals surface area contributed by atoms with Crippen molar-refractivity contribution in [3.63, 3.8) is 0 Å². The minimum absolute atomic E-state index is 0.178. The van der Waals surface area contributed by atoms with Gasteiger partial charge in [-0.2, -0.15) is 0 Å². The fourth-order valence-corrected chi connectivity index (χ4v) is 5.41. The highest BCUT2D eigenvalue weighted by Gasteiger charge is 2.33. The summed E-state index contributed by atoms with van der Waals surface area (Å²) >= 11 is 7.63. The van der Waals surface area contributed by atoms with E-state index < -0.39 is 18.0 Å². The summed E-state index contributed by atoms with van der Waals surface area (Å²) in [5.41, 5.74) is 1.91. The van der Waals surface area contributed by atoms with Crippen LogP contribution in [0.2, 0.25) is 5.02 Å². The molecular weight excluding hydrogens is 532 g/mol. The monoisotopic (exact) mass is 556 g/mol. The highest BCUT2D eigenvalue weighted by molar-refractivity contribution is 7.07. The molecule has 0 saturated carbocycles. The number of ether oxygens (including phenoxy) is 4. The molecule has 1 aromatic heterocycles. The molecule has 0 radical (unpaired) electrons. The Balaban J connectivity index is 1.87. The summed E-state index contributed by atoms with van der Waals surface area (Å²) in [5.74, 6) is -0.645. The van der Waals surface area contributed by atoms with E-state index in [1.807, 2.05) is 37.3 Å². The fraction of sp³-hybridized carbons (Fsp3) is 0.259. The van der Waals surface area contributed by atoms with Crippen LogP contribution in [0.4, 0.5) is 0 Å². The van der Waals surface area contributed by atoms with Gasteiger partial charge in [-0.1, -0.05) is 60.2 Å². The van der Waals surface area contributed by atoms with Crippen molar-refractivity contribution in [2.75, 3.05) is 27.9 Å². The number of nitrogens with zero attached hydrogens (tertiary/aromatic N) is 2. The van der Waals surface area contributed by atoms with Gasteiger partial charge in [0.15, 0.2) is 22.9 Å². The highest BCUT2D eigenvalue weighted by atomic mass is 35.5. The Morgan fingerprint density at radius 3 is 2.50 bits per heavy atom. The lowest BCUT2D eigenvalue weighted by Crippen LogP contribution is -2.40. The summed E-state index contributed by atoms with van der Waals surface area (Å²) in [6, 6.07) is 11.8. The van der Waals surface area contributed by atoms with E-state index >= 15 is 0 Å². The third-order valence-corrected chi connectivity index (χ3v) is 7.14. The number of benzene rings is 2. The van der Waals surface area contributed by atoms with Gasteiger partial charge in [0, 0.05) is 0 Å². The SMILES string of the molecule is CCC1=C(C(=O)OC)[C@@H](c2ccccc2)n2c(s/c(=C\c3cc(Cl)c(OCC(=O)OC)c(OC)c3)c2=O)=N1. The minimum atomic E-state index is -0.691. The second kappa shape index (κ2) is 11.7. The van der Waals surface area contributed by atoms with Crippen molar-refractivity contribution in [2.24, 2.45) is 4.99 Å². The quantitative estimate of drug-likeness (QED) is 0.393. The van der Waals surface area contributed by atoms with Crippen LogP contribution in [0.1, 0.15) is 30.5 Å². The minimum Gasteiger partial charge on any atom is -0.493 e. The maximum absolute atomic E-state index is 13.7. The van der Waals surface area contributed by atoms with E-state index in [4.69, 9.17) is 25.8 Å². The van der Waals surface area contributed by atoms with Crippen LogP contribution < -0.4 is 24.4 Å². The average molecular weight is 557 g/mol. The molecule has 0 N–H and O–H groups in total. The van der Waals surface area contributed by atoms with Crippen LogP contribution in [0.5, 0.6) is 11.5 Å². The zero-order valence-electron chi connectivity index (χ0n) is 21.1. The van der Waals surface area contributed by atoms with Gasteiger partial charge in [0.25, 0.3) is 5.56 Å². The lowest BCUT2D eigenvalue weighted by atomic mass is 9.95. The molecule has 9 nitrogen and oxygen atoms in total. The number of thiazole rings is 1. The first-order valence-electron chi connectivity index (χ1n) is 11.6. The number of methoxy groups -OCH3 is 3. The molecule has 2 heterocycles. The Morgan fingerprint density at radius 1 is 1.13 bits per heavy atom. The molecule has 0 bridgehead atoms. The maximum Gasteiger partial charge on any atom is 0.343 e. The number of halogens is 1. The number of carbonyl (C=O) groups is 2.